The summed E-state index contributed by atoms with van der Waals surface area (Å²) in [5.41, 5.74) is 5.60. The highest BCUT2D eigenvalue weighted by molar-refractivity contribution is 5.84. The van der Waals surface area contributed by atoms with Crippen molar-refractivity contribution in [1.29, 1.82) is 0 Å². The van der Waals surface area contributed by atoms with Crippen LogP contribution in [0.1, 0.15) is 50.1 Å². The molecule has 1 unspecified atom stereocenters. The van der Waals surface area contributed by atoms with E-state index >= 15 is 0 Å². The summed E-state index contributed by atoms with van der Waals surface area (Å²) in [7, 11) is 0. The fourth-order valence-corrected chi connectivity index (χ4v) is 5.17. The first-order valence-electron chi connectivity index (χ1n) is 11.0. The summed E-state index contributed by atoms with van der Waals surface area (Å²) in [4.78, 5) is 23.2. The van der Waals surface area contributed by atoms with E-state index in [4.69, 9.17) is 0 Å². The van der Waals surface area contributed by atoms with Crippen LogP contribution in [0.3, 0.4) is 0 Å². The Labute approximate surface area is 187 Å². The first-order valence-corrected chi connectivity index (χ1v) is 11.0. The summed E-state index contributed by atoms with van der Waals surface area (Å²) in [5.74, 6) is -0.318. The molecule has 0 radical (unpaired) electrons. The van der Waals surface area contributed by atoms with Crippen LogP contribution in [0.25, 0.3) is 11.0 Å². The van der Waals surface area contributed by atoms with Crippen LogP contribution in [0.5, 0.6) is 0 Å². The van der Waals surface area contributed by atoms with E-state index < -0.39 is 6.04 Å². The van der Waals surface area contributed by atoms with Crippen molar-refractivity contribution >= 4 is 17.1 Å². The lowest BCUT2D eigenvalue weighted by Crippen LogP contribution is -2.46. The summed E-state index contributed by atoms with van der Waals surface area (Å²) in [5, 5.41) is 4.19. The number of carbonyl (C=O) groups is 1. The number of carbonyl (C=O) groups excluding carboxylic acids is 1. The van der Waals surface area contributed by atoms with E-state index in [0.29, 0.717) is 13.0 Å². The summed E-state index contributed by atoms with van der Waals surface area (Å²) < 4.78 is 14.2. The number of nitrogens with zero attached hydrogens (tertiary/aromatic N) is 2. The van der Waals surface area contributed by atoms with Crippen molar-refractivity contribution in [2.75, 3.05) is 6.54 Å². The SMILES string of the molecule is CC1=CC(C)(C)CC(NC(=O)N2CCc3c([nH]c4ncccc34)C2c2cccc(F)c2)=C1. The molecule has 1 aliphatic carbocycles. The number of rotatable bonds is 2. The van der Waals surface area contributed by atoms with Crippen molar-refractivity contribution in [2.45, 2.75) is 39.7 Å². The molecule has 164 valence electrons. The number of amides is 2. The van der Waals surface area contributed by atoms with Gasteiger partial charge in [-0.25, -0.2) is 14.2 Å². The maximum Gasteiger partial charge on any atom is 0.322 e. The van der Waals surface area contributed by atoms with Crippen molar-refractivity contribution in [3.63, 3.8) is 0 Å². The molecule has 0 saturated carbocycles. The van der Waals surface area contributed by atoms with E-state index in [0.717, 1.165) is 45.5 Å². The van der Waals surface area contributed by atoms with Crippen molar-refractivity contribution < 1.29 is 9.18 Å². The van der Waals surface area contributed by atoms with Crippen molar-refractivity contribution in [1.82, 2.24) is 20.2 Å². The quantitative estimate of drug-likeness (QED) is 0.554. The summed E-state index contributed by atoms with van der Waals surface area (Å²) in [6.45, 7) is 6.91. The molecule has 0 saturated heterocycles. The minimum absolute atomic E-state index is 0.0126. The number of nitrogens with one attached hydrogen (secondary N) is 2. The average Bonchev–Trinajstić information content (AvgIpc) is 3.10. The zero-order valence-corrected chi connectivity index (χ0v) is 18.6. The molecule has 2 aliphatic rings. The van der Waals surface area contributed by atoms with Gasteiger partial charge in [-0.05, 0) is 66.6 Å². The molecule has 2 amide bonds. The monoisotopic (exact) mass is 430 g/mol. The minimum atomic E-state index is -0.419. The number of urea groups is 1. The van der Waals surface area contributed by atoms with E-state index in [9.17, 15) is 9.18 Å². The number of pyridine rings is 1. The Morgan fingerprint density at radius 3 is 2.91 bits per heavy atom. The molecule has 3 heterocycles. The second-order valence-corrected chi connectivity index (χ2v) is 9.47. The zero-order valence-electron chi connectivity index (χ0n) is 18.6. The minimum Gasteiger partial charge on any atom is -0.341 e. The third-order valence-electron chi connectivity index (χ3n) is 6.26. The fourth-order valence-electron chi connectivity index (χ4n) is 5.17. The highest BCUT2D eigenvalue weighted by Gasteiger charge is 2.35. The number of aromatic nitrogens is 2. The number of fused-ring (bicyclic) bond motifs is 3. The Bertz CT molecular complexity index is 1270. The molecule has 0 fully saturated rings. The molecular weight excluding hydrogens is 403 g/mol. The highest BCUT2D eigenvalue weighted by Crippen LogP contribution is 2.38. The lowest BCUT2D eigenvalue weighted by atomic mass is 9.82. The van der Waals surface area contributed by atoms with Gasteiger partial charge in [0.2, 0.25) is 0 Å². The standard InChI is InChI=1S/C26H27FN4O/c1-16-12-19(15-26(2,3)14-16)29-25(32)31-11-9-20-21-8-5-10-28-24(21)30-22(20)23(31)17-6-4-7-18(27)13-17/h4-8,10,12-14,23H,9,11,15H2,1-3H3,(H,28,30)(H,29,32). The van der Waals surface area contributed by atoms with Crippen LogP contribution in [0, 0.1) is 11.2 Å². The maximum atomic E-state index is 14.2. The molecule has 3 aromatic rings. The number of benzene rings is 1. The van der Waals surface area contributed by atoms with Gasteiger partial charge in [-0.15, -0.1) is 0 Å². The van der Waals surface area contributed by atoms with E-state index in [2.05, 4.69) is 35.2 Å². The largest absolute Gasteiger partial charge is 0.341 e. The second kappa shape index (κ2) is 7.62. The average molecular weight is 431 g/mol. The molecule has 0 bridgehead atoms. The number of aromatic amines is 1. The van der Waals surface area contributed by atoms with Crippen LogP contribution in [0.4, 0.5) is 9.18 Å². The maximum absolute atomic E-state index is 14.2. The molecule has 1 aromatic carbocycles. The summed E-state index contributed by atoms with van der Waals surface area (Å²) in [6.07, 6.45) is 7.48. The zero-order chi connectivity index (χ0) is 22.5. The number of hydrogen-bond donors (Lipinski definition) is 2. The molecule has 2 N–H and O–H groups in total. The van der Waals surface area contributed by atoms with Gasteiger partial charge >= 0.3 is 6.03 Å². The first kappa shape index (κ1) is 20.5. The van der Waals surface area contributed by atoms with Crippen LogP contribution in [0.2, 0.25) is 0 Å². The van der Waals surface area contributed by atoms with Crippen LogP contribution in [-0.2, 0) is 6.42 Å². The van der Waals surface area contributed by atoms with E-state index in [1.54, 1.807) is 17.2 Å². The van der Waals surface area contributed by atoms with E-state index in [1.165, 1.54) is 12.1 Å². The lowest BCUT2D eigenvalue weighted by molar-refractivity contribution is 0.181. The van der Waals surface area contributed by atoms with Gasteiger partial charge < -0.3 is 15.2 Å². The van der Waals surface area contributed by atoms with Gasteiger partial charge in [-0.1, -0.05) is 37.6 Å². The van der Waals surface area contributed by atoms with Crippen LogP contribution < -0.4 is 5.32 Å². The van der Waals surface area contributed by atoms with Gasteiger partial charge in [0.25, 0.3) is 0 Å². The van der Waals surface area contributed by atoms with Gasteiger partial charge in [-0.2, -0.15) is 0 Å². The van der Waals surface area contributed by atoms with Crippen LogP contribution in [0.15, 0.2) is 66.0 Å². The smallest absolute Gasteiger partial charge is 0.322 e. The van der Waals surface area contributed by atoms with Crippen molar-refractivity contribution in [3.05, 3.63) is 88.7 Å². The number of hydrogen-bond acceptors (Lipinski definition) is 2. The molecule has 1 atom stereocenters. The molecular formula is C26H27FN4O. The summed E-state index contributed by atoms with van der Waals surface area (Å²) in [6, 6.07) is 9.86. The van der Waals surface area contributed by atoms with Gasteiger partial charge in [0, 0.05) is 29.5 Å². The Morgan fingerprint density at radius 2 is 2.12 bits per heavy atom. The van der Waals surface area contributed by atoms with Gasteiger partial charge in [0.15, 0.2) is 0 Å². The van der Waals surface area contributed by atoms with Crippen LogP contribution >= 0.6 is 0 Å². The lowest BCUT2D eigenvalue weighted by Gasteiger charge is -2.37. The van der Waals surface area contributed by atoms with Crippen LogP contribution in [-0.4, -0.2) is 27.4 Å². The molecule has 5 rings (SSSR count). The number of halogens is 1. The summed E-state index contributed by atoms with van der Waals surface area (Å²) >= 11 is 0. The van der Waals surface area contributed by atoms with Gasteiger partial charge in [0.05, 0.1) is 6.04 Å². The molecule has 5 nitrogen and oxygen atoms in total. The normalized spacial score (nSPS) is 19.9. The second-order valence-electron chi connectivity index (χ2n) is 9.47. The number of H-pyrrole nitrogens is 1. The topological polar surface area (TPSA) is 61.0 Å². The third-order valence-corrected chi connectivity index (χ3v) is 6.26. The predicted octanol–water partition coefficient (Wildman–Crippen LogP) is 5.62. The fraction of sp³-hybridized carbons (Fsp3) is 0.308. The first-order chi connectivity index (χ1) is 15.3. The van der Waals surface area contributed by atoms with Crippen molar-refractivity contribution in [2.24, 2.45) is 5.41 Å². The third kappa shape index (κ3) is 3.70. The van der Waals surface area contributed by atoms with Crippen molar-refractivity contribution in [3.8, 4) is 0 Å². The molecule has 32 heavy (non-hydrogen) atoms. The van der Waals surface area contributed by atoms with E-state index in [1.807, 2.05) is 31.2 Å². The van der Waals surface area contributed by atoms with Gasteiger partial charge in [0.1, 0.15) is 11.5 Å². The Hall–Kier alpha value is -3.41. The molecule has 0 spiro atoms. The number of allylic oxidation sites excluding steroid dienone is 4. The van der Waals surface area contributed by atoms with E-state index in [-0.39, 0.29) is 17.3 Å². The molecule has 1 aliphatic heterocycles. The Kier molecular flexibility index (Phi) is 4.88. The Balaban J connectivity index is 1.54. The van der Waals surface area contributed by atoms with Gasteiger partial charge in [-0.3, -0.25) is 0 Å². The molecule has 6 heteroatoms. The molecule has 2 aromatic heterocycles. The Morgan fingerprint density at radius 1 is 1.28 bits per heavy atom. The predicted molar refractivity (Wildman–Crippen MR) is 124 cm³/mol. The highest BCUT2D eigenvalue weighted by atomic mass is 19.1.